The number of hydrogen-bond acceptors (Lipinski definition) is 4. The maximum absolute atomic E-state index is 11.7. The predicted molar refractivity (Wildman–Crippen MR) is 64.4 cm³/mol. The molecular weight excluding hydrogens is 218 g/mol. The molecule has 1 aromatic heterocycles. The second-order valence-electron chi connectivity index (χ2n) is 4.33. The van der Waals surface area contributed by atoms with Crippen LogP contribution >= 0.6 is 0 Å². The molecule has 17 heavy (non-hydrogen) atoms. The van der Waals surface area contributed by atoms with Gasteiger partial charge in [-0.3, -0.25) is 14.4 Å². The molecule has 0 aromatic carbocycles. The molecule has 94 valence electrons. The van der Waals surface area contributed by atoms with E-state index in [4.69, 9.17) is 0 Å². The van der Waals surface area contributed by atoms with Crippen LogP contribution < -0.4 is 10.6 Å². The first kappa shape index (κ1) is 12.1. The summed E-state index contributed by atoms with van der Waals surface area (Å²) in [6.07, 6.45) is 3.68. The Morgan fingerprint density at radius 2 is 2.29 bits per heavy atom. The van der Waals surface area contributed by atoms with E-state index in [2.05, 4.69) is 20.6 Å². The van der Waals surface area contributed by atoms with Crippen LogP contribution in [0.15, 0.2) is 12.4 Å². The zero-order valence-electron chi connectivity index (χ0n) is 10.1. The average molecular weight is 237 g/mol. The molecule has 1 aromatic rings. The molecule has 2 N–H and O–H groups in total. The Labute approximate surface area is 101 Å². The molecule has 6 heteroatoms. The van der Waals surface area contributed by atoms with E-state index in [0.29, 0.717) is 13.1 Å². The Morgan fingerprint density at radius 1 is 1.53 bits per heavy atom. The molecule has 6 nitrogen and oxygen atoms in total. The summed E-state index contributed by atoms with van der Waals surface area (Å²) in [5.41, 5.74) is 1.03. The maximum atomic E-state index is 11.7. The van der Waals surface area contributed by atoms with Crippen LogP contribution in [-0.2, 0) is 18.4 Å². The number of rotatable bonds is 4. The Balaban J connectivity index is 1.70. The van der Waals surface area contributed by atoms with Gasteiger partial charge in [-0.1, -0.05) is 0 Å². The minimum absolute atomic E-state index is 0.0794. The Bertz CT molecular complexity index is 370. The van der Waals surface area contributed by atoms with Crippen molar-refractivity contribution in [2.45, 2.75) is 6.54 Å². The second-order valence-corrected chi connectivity index (χ2v) is 4.33. The van der Waals surface area contributed by atoms with Gasteiger partial charge in [0.25, 0.3) is 0 Å². The summed E-state index contributed by atoms with van der Waals surface area (Å²) in [4.78, 5) is 13.9. The van der Waals surface area contributed by atoms with E-state index in [1.165, 1.54) is 0 Å². The van der Waals surface area contributed by atoms with Gasteiger partial charge >= 0.3 is 0 Å². The van der Waals surface area contributed by atoms with E-state index < -0.39 is 0 Å². The number of carbonyl (C=O) groups is 1. The standard InChI is InChI=1S/C11H19N5O/c1-15-8-10(7-14-15)6-13-11(17)9-16-4-2-12-3-5-16/h7-8,12H,2-6,9H2,1H3,(H,13,17). The van der Waals surface area contributed by atoms with Crippen LogP contribution in [0.1, 0.15) is 5.56 Å². The van der Waals surface area contributed by atoms with Crippen LogP contribution in [0.2, 0.25) is 0 Å². The summed E-state index contributed by atoms with van der Waals surface area (Å²) in [6, 6.07) is 0. The lowest BCUT2D eigenvalue weighted by atomic mass is 10.3. The first-order valence-electron chi connectivity index (χ1n) is 5.91. The smallest absolute Gasteiger partial charge is 0.234 e. The Morgan fingerprint density at radius 3 is 2.94 bits per heavy atom. The van der Waals surface area contributed by atoms with Crippen LogP contribution in [0.3, 0.4) is 0 Å². The minimum atomic E-state index is 0.0794. The Kier molecular flexibility index (Phi) is 4.11. The second kappa shape index (κ2) is 5.79. The number of amides is 1. The predicted octanol–water partition coefficient (Wildman–Crippen LogP) is -1.06. The van der Waals surface area contributed by atoms with Crippen molar-refractivity contribution < 1.29 is 4.79 Å². The number of hydrogen-bond donors (Lipinski definition) is 2. The van der Waals surface area contributed by atoms with Crippen LogP contribution in [0, 0.1) is 0 Å². The summed E-state index contributed by atoms with van der Waals surface area (Å²) in [7, 11) is 1.87. The van der Waals surface area contributed by atoms with Crippen LogP contribution in [0.4, 0.5) is 0 Å². The zero-order valence-corrected chi connectivity index (χ0v) is 10.1. The van der Waals surface area contributed by atoms with Crippen molar-refractivity contribution in [2.24, 2.45) is 7.05 Å². The molecule has 1 saturated heterocycles. The van der Waals surface area contributed by atoms with Gasteiger partial charge < -0.3 is 10.6 Å². The highest BCUT2D eigenvalue weighted by molar-refractivity contribution is 5.78. The lowest BCUT2D eigenvalue weighted by molar-refractivity contribution is -0.122. The number of aryl methyl sites for hydroxylation is 1. The van der Waals surface area contributed by atoms with Gasteiger partial charge in [-0.05, 0) is 0 Å². The van der Waals surface area contributed by atoms with Crippen molar-refractivity contribution in [2.75, 3.05) is 32.7 Å². The number of carbonyl (C=O) groups excluding carboxylic acids is 1. The highest BCUT2D eigenvalue weighted by Crippen LogP contribution is 1.96. The summed E-state index contributed by atoms with van der Waals surface area (Å²) < 4.78 is 1.73. The summed E-state index contributed by atoms with van der Waals surface area (Å²) >= 11 is 0. The highest BCUT2D eigenvalue weighted by atomic mass is 16.2. The quantitative estimate of drug-likeness (QED) is 0.701. The maximum Gasteiger partial charge on any atom is 0.234 e. The number of nitrogens with zero attached hydrogens (tertiary/aromatic N) is 3. The fourth-order valence-corrected chi connectivity index (χ4v) is 1.89. The molecule has 1 aliphatic rings. The molecule has 0 bridgehead atoms. The highest BCUT2D eigenvalue weighted by Gasteiger charge is 2.13. The molecule has 1 aliphatic heterocycles. The van der Waals surface area contributed by atoms with E-state index >= 15 is 0 Å². The van der Waals surface area contributed by atoms with Gasteiger partial charge in [0.15, 0.2) is 0 Å². The number of aromatic nitrogens is 2. The number of piperazine rings is 1. The summed E-state index contributed by atoms with van der Waals surface area (Å²) in [6.45, 7) is 4.87. The normalized spacial score (nSPS) is 17.0. The number of nitrogens with one attached hydrogen (secondary N) is 2. The topological polar surface area (TPSA) is 62.2 Å². The van der Waals surface area contributed by atoms with Crippen LogP contribution in [0.5, 0.6) is 0 Å². The molecule has 0 saturated carbocycles. The molecule has 1 fully saturated rings. The molecule has 0 atom stereocenters. The van der Waals surface area contributed by atoms with E-state index in [-0.39, 0.29) is 5.91 Å². The molecule has 0 unspecified atom stereocenters. The van der Waals surface area contributed by atoms with E-state index in [0.717, 1.165) is 31.7 Å². The lowest BCUT2D eigenvalue weighted by Gasteiger charge is -2.26. The molecule has 2 rings (SSSR count). The first-order valence-corrected chi connectivity index (χ1v) is 5.91. The third-order valence-corrected chi connectivity index (χ3v) is 2.82. The molecule has 1 amide bonds. The van der Waals surface area contributed by atoms with E-state index in [1.54, 1.807) is 10.9 Å². The fraction of sp³-hybridized carbons (Fsp3) is 0.636. The van der Waals surface area contributed by atoms with Gasteiger partial charge in [0.2, 0.25) is 5.91 Å². The SMILES string of the molecule is Cn1cc(CNC(=O)CN2CCNCC2)cn1. The van der Waals surface area contributed by atoms with Crippen LogP contribution in [0.25, 0.3) is 0 Å². The third kappa shape index (κ3) is 3.83. The van der Waals surface area contributed by atoms with Crippen molar-refractivity contribution >= 4 is 5.91 Å². The fourth-order valence-electron chi connectivity index (χ4n) is 1.89. The molecule has 2 heterocycles. The minimum Gasteiger partial charge on any atom is -0.351 e. The van der Waals surface area contributed by atoms with Gasteiger partial charge in [-0.2, -0.15) is 5.10 Å². The van der Waals surface area contributed by atoms with E-state index in [1.807, 2.05) is 13.2 Å². The summed E-state index contributed by atoms with van der Waals surface area (Å²) in [5, 5.41) is 10.2. The zero-order chi connectivity index (χ0) is 12.1. The largest absolute Gasteiger partial charge is 0.351 e. The molecule has 0 radical (unpaired) electrons. The molecule has 0 spiro atoms. The molecular formula is C11H19N5O. The van der Waals surface area contributed by atoms with Gasteiger partial charge in [0.1, 0.15) is 0 Å². The third-order valence-electron chi connectivity index (χ3n) is 2.82. The van der Waals surface area contributed by atoms with E-state index in [9.17, 15) is 4.79 Å². The monoisotopic (exact) mass is 237 g/mol. The first-order chi connectivity index (χ1) is 8.24. The van der Waals surface area contributed by atoms with Gasteiger partial charge in [-0.25, -0.2) is 0 Å². The lowest BCUT2D eigenvalue weighted by Crippen LogP contribution is -2.47. The van der Waals surface area contributed by atoms with Crippen molar-refractivity contribution in [1.29, 1.82) is 0 Å². The Hall–Kier alpha value is -1.40. The van der Waals surface area contributed by atoms with Gasteiger partial charge in [-0.15, -0.1) is 0 Å². The average Bonchev–Trinajstić information content (AvgIpc) is 2.74. The van der Waals surface area contributed by atoms with Gasteiger partial charge in [0, 0.05) is 51.5 Å². The van der Waals surface area contributed by atoms with Crippen molar-refractivity contribution in [3.63, 3.8) is 0 Å². The van der Waals surface area contributed by atoms with Crippen molar-refractivity contribution in [3.8, 4) is 0 Å². The van der Waals surface area contributed by atoms with Crippen molar-refractivity contribution in [1.82, 2.24) is 25.3 Å². The van der Waals surface area contributed by atoms with Crippen LogP contribution in [-0.4, -0.2) is 53.3 Å². The van der Waals surface area contributed by atoms with Gasteiger partial charge in [0.05, 0.1) is 12.7 Å². The molecule has 0 aliphatic carbocycles. The van der Waals surface area contributed by atoms with Crippen molar-refractivity contribution in [3.05, 3.63) is 18.0 Å². The summed E-state index contributed by atoms with van der Waals surface area (Å²) in [5.74, 6) is 0.0794.